The number of hydrogen-bond donors (Lipinski definition) is 3. The molecule has 2 amide bonds. The van der Waals surface area contributed by atoms with Crippen molar-refractivity contribution in [2.75, 3.05) is 19.7 Å². The third-order valence-electron chi connectivity index (χ3n) is 2.67. The Morgan fingerprint density at radius 2 is 2.10 bits per heavy atom. The van der Waals surface area contributed by atoms with E-state index in [0.717, 1.165) is 18.6 Å². The van der Waals surface area contributed by atoms with Crippen LogP contribution in [0.2, 0.25) is 0 Å². The topological polar surface area (TPSA) is 70.6 Å². The number of halogens is 2. The number of aliphatic hydroxyl groups is 1. The maximum absolute atomic E-state index is 12.9. The summed E-state index contributed by atoms with van der Waals surface area (Å²) < 4.78 is 30.7. The van der Waals surface area contributed by atoms with Crippen LogP contribution < -0.4 is 15.4 Å². The maximum atomic E-state index is 12.9. The fourth-order valence-corrected chi connectivity index (χ4v) is 1.61. The van der Waals surface area contributed by atoms with Crippen LogP contribution in [-0.2, 0) is 0 Å². The molecule has 3 N–H and O–H groups in total. The molecule has 0 saturated carbocycles. The van der Waals surface area contributed by atoms with Crippen LogP contribution in [0.1, 0.15) is 19.8 Å². The highest BCUT2D eigenvalue weighted by Crippen LogP contribution is 2.14. The Morgan fingerprint density at radius 3 is 2.76 bits per heavy atom. The molecule has 21 heavy (non-hydrogen) atoms. The number of carbonyl (C=O) groups is 1. The summed E-state index contributed by atoms with van der Waals surface area (Å²) in [5.41, 5.74) is 0. The fraction of sp³-hybridized carbons (Fsp3) is 0.500. The largest absolute Gasteiger partial charge is 0.492 e. The summed E-state index contributed by atoms with van der Waals surface area (Å²) in [6.07, 6.45) is 0.908. The Kier molecular flexibility index (Phi) is 7.45. The Morgan fingerprint density at radius 1 is 1.33 bits per heavy atom. The molecular formula is C14H20F2N2O3. The van der Waals surface area contributed by atoms with Crippen molar-refractivity contribution < 1.29 is 23.4 Å². The van der Waals surface area contributed by atoms with Crippen molar-refractivity contribution in [1.29, 1.82) is 0 Å². The Hall–Kier alpha value is -1.89. The van der Waals surface area contributed by atoms with Gasteiger partial charge in [0.05, 0.1) is 12.6 Å². The van der Waals surface area contributed by atoms with Gasteiger partial charge in [0.1, 0.15) is 12.4 Å². The first-order chi connectivity index (χ1) is 10.0. The second-order valence-electron chi connectivity index (χ2n) is 4.50. The molecule has 0 fully saturated rings. The summed E-state index contributed by atoms with van der Waals surface area (Å²) >= 11 is 0. The molecule has 1 unspecified atom stereocenters. The lowest BCUT2D eigenvalue weighted by Gasteiger charge is -2.12. The normalized spacial score (nSPS) is 11.8. The van der Waals surface area contributed by atoms with E-state index >= 15 is 0 Å². The fourth-order valence-electron chi connectivity index (χ4n) is 1.61. The Balaban J connectivity index is 2.15. The quantitative estimate of drug-likeness (QED) is 0.641. The molecule has 0 heterocycles. The van der Waals surface area contributed by atoms with E-state index in [1.165, 1.54) is 6.07 Å². The first-order valence-corrected chi connectivity index (χ1v) is 6.80. The van der Waals surface area contributed by atoms with Gasteiger partial charge in [-0.05, 0) is 18.6 Å². The molecule has 1 rings (SSSR count). The van der Waals surface area contributed by atoms with Crippen molar-refractivity contribution in [3.05, 3.63) is 29.8 Å². The smallest absolute Gasteiger partial charge is 0.315 e. The molecule has 0 aliphatic heterocycles. The molecule has 1 aromatic rings. The van der Waals surface area contributed by atoms with Crippen LogP contribution in [0.15, 0.2) is 18.2 Å². The minimum absolute atomic E-state index is 0.121. The third-order valence-corrected chi connectivity index (χ3v) is 2.67. The first kappa shape index (κ1) is 17.2. The molecule has 0 aromatic heterocycles. The minimum Gasteiger partial charge on any atom is -0.492 e. The number of hydrogen-bond acceptors (Lipinski definition) is 3. The lowest BCUT2D eigenvalue weighted by molar-refractivity contribution is 0.160. The van der Waals surface area contributed by atoms with Crippen molar-refractivity contribution in [2.24, 2.45) is 0 Å². The van der Waals surface area contributed by atoms with E-state index in [1.807, 2.05) is 6.92 Å². The molecule has 5 nitrogen and oxygen atoms in total. The summed E-state index contributed by atoms with van der Waals surface area (Å²) in [4.78, 5) is 11.4. The van der Waals surface area contributed by atoms with E-state index in [9.17, 15) is 18.7 Å². The molecule has 1 aromatic carbocycles. The van der Waals surface area contributed by atoms with Crippen LogP contribution in [-0.4, -0.2) is 36.9 Å². The molecule has 7 heteroatoms. The zero-order chi connectivity index (χ0) is 15.7. The van der Waals surface area contributed by atoms with Crippen LogP contribution in [0, 0.1) is 11.6 Å². The molecule has 0 aliphatic carbocycles. The average Bonchev–Trinajstić information content (AvgIpc) is 2.45. The number of nitrogens with one attached hydrogen (secondary N) is 2. The highest BCUT2D eigenvalue weighted by molar-refractivity contribution is 5.73. The summed E-state index contributed by atoms with van der Waals surface area (Å²) in [7, 11) is 0. The number of amides is 2. The first-order valence-electron chi connectivity index (χ1n) is 6.80. The van der Waals surface area contributed by atoms with Gasteiger partial charge in [-0.15, -0.1) is 0 Å². The van der Waals surface area contributed by atoms with Crippen molar-refractivity contribution in [3.8, 4) is 5.75 Å². The molecule has 0 aliphatic rings. The van der Waals surface area contributed by atoms with Gasteiger partial charge in [-0.1, -0.05) is 13.3 Å². The van der Waals surface area contributed by atoms with Gasteiger partial charge in [0, 0.05) is 12.6 Å². The zero-order valence-electron chi connectivity index (χ0n) is 11.9. The Labute approximate surface area is 122 Å². The molecule has 118 valence electrons. The van der Waals surface area contributed by atoms with Gasteiger partial charge in [-0.3, -0.25) is 0 Å². The van der Waals surface area contributed by atoms with Gasteiger partial charge in [-0.2, -0.15) is 0 Å². The van der Waals surface area contributed by atoms with Crippen LogP contribution in [0.25, 0.3) is 0 Å². The second-order valence-corrected chi connectivity index (χ2v) is 4.50. The number of ether oxygens (including phenoxy) is 1. The summed E-state index contributed by atoms with van der Waals surface area (Å²) in [5.74, 6) is -1.73. The molecule has 1 atom stereocenters. The lowest BCUT2D eigenvalue weighted by Crippen LogP contribution is -2.41. The van der Waals surface area contributed by atoms with Crippen molar-refractivity contribution in [2.45, 2.75) is 25.9 Å². The monoisotopic (exact) mass is 302 g/mol. The predicted molar refractivity (Wildman–Crippen MR) is 74.2 cm³/mol. The van der Waals surface area contributed by atoms with E-state index in [1.54, 1.807) is 0 Å². The average molecular weight is 302 g/mol. The van der Waals surface area contributed by atoms with Crippen molar-refractivity contribution in [1.82, 2.24) is 10.6 Å². The third kappa shape index (κ3) is 6.89. The summed E-state index contributed by atoms with van der Waals surface area (Å²) in [5, 5.41) is 14.5. The number of rotatable bonds is 8. The van der Waals surface area contributed by atoms with Gasteiger partial charge in [0.2, 0.25) is 0 Å². The minimum atomic E-state index is -0.983. The van der Waals surface area contributed by atoms with E-state index in [0.29, 0.717) is 6.42 Å². The van der Waals surface area contributed by atoms with Crippen LogP contribution in [0.3, 0.4) is 0 Å². The van der Waals surface area contributed by atoms with Crippen molar-refractivity contribution in [3.63, 3.8) is 0 Å². The summed E-state index contributed by atoms with van der Waals surface area (Å²) in [6, 6.07) is 2.80. The van der Waals surface area contributed by atoms with Crippen LogP contribution >= 0.6 is 0 Å². The zero-order valence-corrected chi connectivity index (χ0v) is 11.9. The van der Waals surface area contributed by atoms with Crippen LogP contribution in [0.4, 0.5) is 13.6 Å². The van der Waals surface area contributed by atoms with Gasteiger partial charge in [0.25, 0.3) is 0 Å². The Bertz CT molecular complexity index is 458. The second kappa shape index (κ2) is 9.12. The highest BCUT2D eigenvalue weighted by atomic mass is 19.2. The summed E-state index contributed by atoms with van der Waals surface area (Å²) in [6.45, 7) is 2.45. The van der Waals surface area contributed by atoms with E-state index in [-0.39, 0.29) is 25.4 Å². The van der Waals surface area contributed by atoms with Gasteiger partial charge in [-0.25, -0.2) is 13.6 Å². The maximum Gasteiger partial charge on any atom is 0.315 e. The van der Waals surface area contributed by atoms with E-state index in [2.05, 4.69) is 10.6 Å². The number of aliphatic hydroxyl groups excluding tert-OH is 1. The molecule has 0 radical (unpaired) electrons. The predicted octanol–water partition coefficient (Wildman–Crippen LogP) is 1.80. The number of carbonyl (C=O) groups excluding carboxylic acids is 1. The van der Waals surface area contributed by atoms with Gasteiger partial charge < -0.3 is 20.5 Å². The molecular weight excluding hydrogens is 282 g/mol. The standard InChI is InChI=1S/C14H20F2N2O3/c1-2-3-10(19)9-18-14(20)17-6-7-21-11-4-5-12(15)13(16)8-11/h4-5,8,10,19H,2-3,6-7,9H2,1H3,(H2,17,18,20). The molecule has 0 saturated heterocycles. The van der Waals surface area contributed by atoms with Crippen molar-refractivity contribution >= 4 is 6.03 Å². The van der Waals surface area contributed by atoms with E-state index in [4.69, 9.17) is 4.74 Å². The highest BCUT2D eigenvalue weighted by Gasteiger charge is 2.06. The SMILES string of the molecule is CCCC(O)CNC(=O)NCCOc1ccc(F)c(F)c1. The van der Waals surface area contributed by atoms with Gasteiger partial charge in [0.15, 0.2) is 11.6 Å². The number of benzene rings is 1. The van der Waals surface area contributed by atoms with Gasteiger partial charge >= 0.3 is 6.03 Å². The number of urea groups is 1. The molecule has 0 spiro atoms. The van der Waals surface area contributed by atoms with Crippen LogP contribution in [0.5, 0.6) is 5.75 Å². The lowest BCUT2D eigenvalue weighted by atomic mass is 10.2. The molecule has 0 bridgehead atoms. The van der Waals surface area contributed by atoms with E-state index < -0.39 is 23.8 Å².